The number of rotatable bonds is 7. The Hall–Kier alpha value is -1.51. The van der Waals surface area contributed by atoms with Gasteiger partial charge in [-0.1, -0.05) is 25.1 Å². The molecule has 3 nitrogen and oxygen atoms in total. The number of aryl methyl sites for hydroxylation is 1. The molecule has 0 bridgehead atoms. The quantitative estimate of drug-likeness (QED) is 0.788. The Labute approximate surface area is 103 Å². The molecule has 0 heterocycles. The molecule has 0 aliphatic carbocycles. The molecule has 0 saturated carbocycles. The smallest absolute Gasteiger partial charge is 0.220 e. The van der Waals surface area contributed by atoms with Crippen LogP contribution >= 0.6 is 0 Å². The molecule has 0 aromatic heterocycles. The summed E-state index contributed by atoms with van der Waals surface area (Å²) in [5.74, 6) is 0.997. The first-order chi connectivity index (χ1) is 8.27. The van der Waals surface area contributed by atoms with Crippen molar-refractivity contribution in [2.24, 2.45) is 0 Å². The largest absolute Gasteiger partial charge is 0.494 e. The van der Waals surface area contributed by atoms with E-state index in [1.165, 1.54) is 0 Å². The van der Waals surface area contributed by atoms with Crippen molar-refractivity contribution in [3.63, 3.8) is 0 Å². The van der Waals surface area contributed by atoms with E-state index in [1.807, 2.05) is 38.1 Å². The van der Waals surface area contributed by atoms with Gasteiger partial charge in [0.1, 0.15) is 5.75 Å². The molecule has 17 heavy (non-hydrogen) atoms. The number of carbonyl (C=O) groups is 1. The summed E-state index contributed by atoms with van der Waals surface area (Å²) in [6, 6.07) is 7.88. The maximum absolute atomic E-state index is 11.5. The van der Waals surface area contributed by atoms with Crippen LogP contribution in [0.1, 0.15) is 32.3 Å². The summed E-state index contributed by atoms with van der Waals surface area (Å²) in [5, 5.41) is 2.87. The lowest BCUT2D eigenvalue weighted by atomic mass is 10.1. The van der Waals surface area contributed by atoms with Crippen LogP contribution in [0.5, 0.6) is 5.75 Å². The van der Waals surface area contributed by atoms with Crippen LogP contribution in [0.3, 0.4) is 0 Å². The van der Waals surface area contributed by atoms with Crippen LogP contribution in [0.2, 0.25) is 0 Å². The summed E-state index contributed by atoms with van der Waals surface area (Å²) in [4.78, 5) is 11.5. The normalized spacial score (nSPS) is 10.0. The second-order valence-electron chi connectivity index (χ2n) is 3.89. The Morgan fingerprint density at radius 1 is 1.29 bits per heavy atom. The number of amides is 1. The van der Waals surface area contributed by atoms with E-state index in [4.69, 9.17) is 4.74 Å². The lowest BCUT2D eigenvalue weighted by Gasteiger charge is -2.09. The number of nitrogens with one attached hydrogen (secondary N) is 1. The predicted octanol–water partition coefficient (Wildman–Crippen LogP) is 2.54. The monoisotopic (exact) mass is 235 g/mol. The third-order valence-electron chi connectivity index (χ3n) is 2.47. The first-order valence-corrected chi connectivity index (χ1v) is 6.25. The van der Waals surface area contributed by atoms with Crippen LogP contribution in [0.4, 0.5) is 0 Å². The molecule has 0 unspecified atom stereocenters. The maximum atomic E-state index is 11.5. The average molecular weight is 235 g/mol. The fraction of sp³-hybridized carbons (Fsp3) is 0.500. The highest BCUT2D eigenvalue weighted by Gasteiger charge is 2.05. The van der Waals surface area contributed by atoms with E-state index >= 15 is 0 Å². The third kappa shape index (κ3) is 4.89. The zero-order valence-corrected chi connectivity index (χ0v) is 10.7. The van der Waals surface area contributed by atoms with E-state index in [2.05, 4.69) is 5.32 Å². The number of benzene rings is 1. The fourth-order valence-electron chi connectivity index (χ4n) is 1.61. The van der Waals surface area contributed by atoms with Gasteiger partial charge < -0.3 is 10.1 Å². The number of hydrogen-bond donors (Lipinski definition) is 1. The van der Waals surface area contributed by atoms with Gasteiger partial charge in [0.05, 0.1) is 6.61 Å². The zero-order chi connectivity index (χ0) is 12.5. The van der Waals surface area contributed by atoms with Crippen molar-refractivity contribution in [1.29, 1.82) is 0 Å². The molecule has 0 spiro atoms. The van der Waals surface area contributed by atoms with E-state index in [-0.39, 0.29) is 5.91 Å². The van der Waals surface area contributed by atoms with Crippen LogP contribution in [0, 0.1) is 0 Å². The van der Waals surface area contributed by atoms with Gasteiger partial charge in [-0.25, -0.2) is 0 Å². The summed E-state index contributed by atoms with van der Waals surface area (Å²) in [7, 11) is 0. The van der Waals surface area contributed by atoms with E-state index in [9.17, 15) is 4.79 Å². The summed E-state index contributed by atoms with van der Waals surface area (Å²) in [6.45, 7) is 5.42. The van der Waals surface area contributed by atoms with Crippen molar-refractivity contribution in [2.45, 2.75) is 33.1 Å². The Morgan fingerprint density at radius 3 is 2.76 bits per heavy atom. The van der Waals surface area contributed by atoms with Crippen LogP contribution in [0.15, 0.2) is 24.3 Å². The summed E-state index contributed by atoms with van der Waals surface area (Å²) in [5.41, 5.74) is 1.10. The molecule has 1 aromatic carbocycles. The molecule has 3 heteroatoms. The molecule has 0 radical (unpaired) electrons. The minimum absolute atomic E-state index is 0.109. The lowest BCUT2D eigenvalue weighted by molar-refractivity contribution is -0.121. The van der Waals surface area contributed by atoms with Crippen LogP contribution in [-0.4, -0.2) is 19.1 Å². The Bertz CT molecular complexity index is 350. The van der Waals surface area contributed by atoms with E-state index < -0.39 is 0 Å². The van der Waals surface area contributed by atoms with Crippen molar-refractivity contribution >= 4 is 5.91 Å². The highest BCUT2D eigenvalue weighted by molar-refractivity contribution is 5.76. The Kier molecular flexibility index (Phi) is 6.15. The van der Waals surface area contributed by atoms with E-state index in [0.29, 0.717) is 13.0 Å². The number of hydrogen-bond acceptors (Lipinski definition) is 2. The predicted molar refractivity (Wildman–Crippen MR) is 69.2 cm³/mol. The van der Waals surface area contributed by atoms with Gasteiger partial charge >= 0.3 is 0 Å². The lowest BCUT2D eigenvalue weighted by Crippen LogP contribution is -2.24. The van der Waals surface area contributed by atoms with Crippen LogP contribution in [0.25, 0.3) is 0 Å². The zero-order valence-electron chi connectivity index (χ0n) is 10.7. The van der Waals surface area contributed by atoms with Crippen LogP contribution in [-0.2, 0) is 11.2 Å². The van der Waals surface area contributed by atoms with Crippen molar-refractivity contribution in [2.75, 3.05) is 13.2 Å². The van der Waals surface area contributed by atoms with Gasteiger partial charge in [-0.15, -0.1) is 0 Å². The molecule has 0 saturated heterocycles. The SMILES string of the molecule is CCCNC(=O)CCc1ccccc1OCC. The average Bonchev–Trinajstić information content (AvgIpc) is 2.35. The molecular formula is C14H21NO2. The van der Waals surface area contributed by atoms with Crippen molar-refractivity contribution in [1.82, 2.24) is 5.32 Å². The molecule has 1 amide bonds. The topological polar surface area (TPSA) is 38.3 Å². The molecular weight excluding hydrogens is 214 g/mol. The number of ether oxygens (including phenoxy) is 1. The minimum atomic E-state index is 0.109. The Morgan fingerprint density at radius 2 is 2.06 bits per heavy atom. The van der Waals surface area contributed by atoms with Gasteiger partial charge in [-0.2, -0.15) is 0 Å². The first-order valence-electron chi connectivity index (χ1n) is 6.25. The molecule has 0 aliphatic heterocycles. The molecule has 1 rings (SSSR count). The van der Waals surface area contributed by atoms with Gasteiger partial charge in [0.15, 0.2) is 0 Å². The molecule has 1 N–H and O–H groups in total. The maximum Gasteiger partial charge on any atom is 0.220 e. The summed E-state index contributed by atoms with van der Waals surface area (Å²) < 4.78 is 5.52. The summed E-state index contributed by atoms with van der Waals surface area (Å²) >= 11 is 0. The van der Waals surface area contributed by atoms with E-state index in [1.54, 1.807) is 0 Å². The third-order valence-corrected chi connectivity index (χ3v) is 2.47. The van der Waals surface area contributed by atoms with Crippen molar-refractivity contribution in [3.8, 4) is 5.75 Å². The standard InChI is InChI=1S/C14H21NO2/c1-3-11-15-14(16)10-9-12-7-5-6-8-13(12)17-4-2/h5-8H,3-4,9-11H2,1-2H3,(H,15,16). The second-order valence-corrected chi connectivity index (χ2v) is 3.89. The van der Waals surface area contributed by atoms with Gasteiger partial charge in [-0.3, -0.25) is 4.79 Å². The number of para-hydroxylation sites is 1. The van der Waals surface area contributed by atoms with Gasteiger partial charge in [-0.05, 0) is 31.4 Å². The molecule has 0 aliphatic rings. The second kappa shape index (κ2) is 7.71. The fourth-order valence-corrected chi connectivity index (χ4v) is 1.61. The number of carbonyl (C=O) groups excluding carboxylic acids is 1. The highest BCUT2D eigenvalue weighted by Crippen LogP contribution is 2.19. The van der Waals surface area contributed by atoms with Crippen LogP contribution < -0.4 is 10.1 Å². The first kappa shape index (κ1) is 13.6. The van der Waals surface area contributed by atoms with Gasteiger partial charge in [0.25, 0.3) is 0 Å². The molecule has 0 atom stereocenters. The molecule has 94 valence electrons. The van der Waals surface area contributed by atoms with Gasteiger partial charge in [0.2, 0.25) is 5.91 Å². The Balaban J connectivity index is 2.47. The molecule has 0 fully saturated rings. The molecule has 1 aromatic rings. The highest BCUT2D eigenvalue weighted by atomic mass is 16.5. The summed E-state index contributed by atoms with van der Waals surface area (Å²) in [6.07, 6.45) is 2.22. The van der Waals surface area contributed by atoms with E-state index in [0.717, 1.165) is 30.7 Å². The van der Waals surface area contributed by atoms with Crippen molar-refractivity contribution < 1.29 is 9.53 Å². The van der Waals surface area contributed by atoms with Gasteiger partial charge in [0, 0.05) is 13.0 Å². The minimum Gasteiger partial charge on any atom is -0.494 e. The van der Waals surface area contributed by atoms with Crippen molar-refractivity contribution in [3.05, 3.63) is 29.8 Å².